The highest BCUT2D eigenvalue weighted by Crippen LogP contribution is 2.55. The third-order valence-corrected chi connectivity index (χ3v) is 6.42. The molecule has 0 bridgehead atoms. The van der Waals surface area contributed by atoms with Crippen LogP contribution in [0.2, 0.25) is 0 Å². The van der Waals surface area contributed by atoms with Gasteiger partial charge in [0.2, 0.25) is 0 Å². The maximum absolute atomic E-state index is 6.55. The Labute approximate surface area is 134 Å². The fourth-order valence-corrected chi connectivity index (χ4v) is 4.50. The molecule has 116 valence electrons. The van der Waals surface area contributed by atoms with Crippen LogP contribution in [0.5, 0.6) is 5.75 Å². The van der Waals surface area contributed by atoms with E-state index in [2.05, 4.69) is 38.1 Å². The van der Waals surface area contributed by atoms with E-state index >= 15 is 0 Å². The van der Waals surface area contributed by atoms with Crippen LogP contribution in [0.15, 0.2) is 24.3 Å². The summed E-state index contributed by atoms with van der Waals surface area (Å²) in [4.78, 5) is 0. The lowest BCUT2D eigenvalue weighted by Crippen LogP contribution is -2.58. The van der Waals surface area contributed by atoms with E-state index in [0.29, 0.717) is 17.4 Å². The molecule has 3 atom stereocenters. The van der Waals surface area contributed by atoms with Crippen LogP contribution >= 0.6 is 11.6 Å². The normalized spacial score (nSPS) is 28.9. The van der Waals surface area contributed by atoms with Crippen molar-refractivity contribution in [2.24, 2.45) is 5.41 Å². The van der Waals surface area contributed by atoms with Crippen molar-refractivity contribution in [1.82, 2.24) is 0 Å². The largest absolute Gasteiger partial charge is 0.490 e. The second kappa shape index (κ2) is 6.20. The lowest BCUT2D eigenvalue weighted by atomic mass is 9.58. The van der Waals surface area contributed by atoms with Gasteiger partial charge in [-0.05, 0) is 42.9 Å². The molecule has 0 N–H and O–H groups in total. The molecular weight excluding hydrogens is 280 g/mol. The van der Waals surface area contributed by atoms with Gasteiger partial charge in [-0.1, -0.05) is 45.2 Å². The Hall–Kier alpha value is -0.690. The third kappa shape index (κ3) is 2.82. The Kier molecular flexibility index (Phi) is 4.49. The SMILES string of the molecule is CCC(C)c1ccc(OC2CC(Cl)C23CCCCC3)cc1. The summed E-state index contributed by atoms with van der Waals surface area (Å²) in [5.41, 5.74) is 1.66. The second-order valence-electron chi connectivity index (χ2n) is 6.98. The van der Waals surface area contributed by atoms with Gasteiger partial charge >= 0.3 is 0 Å². The van der Waals surface area contributed by atoms with Gasteiger partial charge < -0.3 is 4.74 Å². The van der Waals surface area contributed by atoms with Gasteiger partial charge in [-0.2, -0.15) is 0 Å². The Morgan fingerprint density at radius 1 is 1.19 bits per heavy atom. The zero-order valence-corrected chi connectivity index (χ0v) is 14.0. The molecule has 2 aliphatic carbocycles. The van der Waals surface area contributed by atoms with E-state index < -0.39 is 0 Å². The third-order valence-electron chi connectivity index (χ3n) is 5.81. The second-order valence-corrected chi connectivity index (χ2v) is 7.51. The van der Waals surface area contributed by atoms with Crippen molar-refractivity contribution in [1.29, 1.82) is 0 Å². The highest BCUT2D eigenvalue weighted by atomic mass is 35.5. The summed E-state index contributed by atoms with van der Waals surface area (Å²) in [7, 11) is 0. The Balaban J connectivity index is 1.66. The molecule has 2 saturated carbocycles. The molecule has 3 rings (SSSR count). The van der Waals surface area contributed by atoms with E-state index in [9.17, 15) is 0 Å². The number of benzene rings is 1. The molecule has 1 aromatic rings. The molecule has 0 heterocycles. The van der Waals surface area contributed by atoms with E-state index in [1.165, 1.54) is 44.1 Å². The fraction of sp³-hybridized carbons (Fsp3) is 0.684. The predicted octanol–water partition coefficient (Wildman–Crippen LogP) is 5.91. The zero-order chi connectivity index (χ0) is 14.9. The molecule has 2 heteroatoms. The van der Waals surface area contributed by atoms with Gasteiger partial charge in [-0.15, -0.1) is 11.6 Å². The monoisotopic (exact) mass is 306 g/mol. The molecule has 0 radical (unpaired) electrons. The molecule has 0 aromatic heterocycles. The number of ether oxygens (including phenoxy) is 1. The van der Waals surface area contributed by atoms with E-state index in [-0.39, 0.29) is 5.41 Å². The molecule has 21 heavy (non-hydrogen) atoms. The molecule has 1 aromatic carbocycles. The first-order chi connectivity index (χ1) is 10.2. The first-order valence-corrected chi connectivity index (χ1v) is 9.00. The maximum Gasteiger partial charge on any atom is 0.119 e. The minimum atomic E-state index is 0.259. The van der Waals surface area contributed by atoms with Crippen LogP contribution in [0, 0.1) is 5.41 Å². The minimum Gasteiger partial charge on any atom is -0.490 e. The molecule has 3 unspecified atom stereocenters. The van der Waals surface area contributed by atoms with Crippen LogP contribution in [0.4, 0.5) is 0 Å². The maximum atomic E-state index is 6.55. The van der Waals surface area contributed by atoms with Crippen molar-refractivity contribution in [2.45, 2.75) is 76.2 Å². The van der Waals surface area contributed by atoms with Crippen LogP contribution in [0.3, 0.4) is 0 Å². The first kappa shape index (κ1) is 15.2. The molecule has 1 nitrogen and oxygen atoms in total. The first-order valence-electron chi connectivity index (χ1n) is 8.56. The lowest BCUT2D eigenvalue weighted by molar-refractivity contribution is -0.0650. The molecule has 0 saturated heterocycles. The smallest absolute Gasteiger partial charge is 0.119 e. The number of rotatable bonds is 4. The van der Waals surface area contributed by atoms with Gasteiger partial charge in [-0.25, -0.2) is 0 Å². The van der Waals surface area contributed by atoms with E-state index in [1.807, 2.05) is 0 Å². The summed E-state index contributed by atoms with van der Waals surface area (Å²) >= 11 is 6.55. The molecule has 0 aliphatic heterocycles. The summed E-state index contributed by atoms with van der Waals surface area (Å²) in [5.74, 6) is 1.64. The fourth-order valence-electron chi connectivity index (χ4n) is 3.98. The Morgan fingerprint density at radius 3 is 2.43 bits per heavy atom. The average molecular weight is 307 g/mol. The molecular formula is C19H27ClO. The van der Waals surface area contributed by atoms with Gasteiger partial charge in [-0.3, -0.25) is 0 Å². The molecule has 1 spiro atoms. The highest BCUT2D eigenvalue weighted by molar-refractivity contribution is 6.21. The van der Waals surface area contributed by atoms with Crippen LogP contribution in [-0.2, 0) is 0 Å². The number of halogens is 1. The summed E-state index contributed by atoms with van der Waals surface area (Å²) in [6.07, 6.45) is 9.00. The van der Waals surface area contributed by atoms with Gasteiger partial charge in [0, 0.05) is 17.2 Å². The van der Waals surface area contributed by atoms with Crippen molar-refractivity contribution in [3.8, 4) is 5.75 Å². The van der Waals surface area contributed by atoms with Crippen LogP contribution < -0.4 is 4.74 Å². The van der Waals surface area contributed by atoms with Gasteiger partial charge in [0.25, 0.3) is 0 Å². The van der Waals surface area contributed by atoms with Crippen LogP contribution in [-0.4, -0.2) is 11.5 Å². The van der Waals surface area contributed by atoms with Crippen molar-refractivity contribution in [3.05, 3.63) is 29.8 Å². The van der Waals surface area contributed by atoms with Crippen molar-refractivity contribution >= 4 is 11.6 Å². The van der Waals surface area contributed by atoms with Gasteiger partial charge in [0.05, 0.1) is 0 Å². The molecule has 2 fully saturated rings. The number of alkyl halides is 1. The average Bonchev–Trinajstić information content (AvgIpc) is 2.55. The summed E-state index contributed by atoms with van der Waals surface area (Å²) in [6, 6.07) is 8.71. The zero-order valence-electron chi connectivity index (χ0n) is 13.3. The van der Waals surface area contributed by atoms with E-state index in [4.69, 9.17) is 16.3 Å². The van der Waals surface area contributed by atoms with E-state index in [1.54, 1.807) is 0 Å². The Morgan fingerprint density at radius 2 is 1.86 bits per heavy atom. The van der Waals surface area contributed by atoms with Crippen LogP contribution in [0.1, 0.15) is 70.3 Å². The number of hydrogen-bond donors (Lipinski definition) is 0. The predicted molar refractivity (Wildman–Crippen MR) is 89.3 cm³/mol. The van der Waals surface area contributed by atoms with Gasteiger partial charge in [0.15, 0.2) is 0 Å². The Bertz CT molecular complexity index is 461. The summed E-state index contributed by atoms with van der Waals surface area (Å²) in [6.45, 7) is 4.51. The van der Waals surface area contributed by atoms with Gasteiger partial charge in [0.1, 0.15) is 11.9 Å². The van der Waals surface area contributed by atoms with E-state index in [0.717, 1.165) is 12.2 Å². The highest BCUT2D eigenvalue weighted by Gasteiger charge is 2.55. The standard InChI is InChI=1S/C19H27ClO/c1-3-14(2)15-7-9-16(10-8-15)21-18-13-17(20)19(18)11-5-4-6-12-19/h7-10,14,17-18H,3-6,11-13H2,1-2H3. The van der Waals surface area contributed by atoms with Crippen molar-refractivity contribution in [2.75, 3.05) is 0 Å². The summed E-state index contributed by atoms with van der Waals surface area (Å²) in [5, 5.41) is 0.321. The van der Waals surface area contributed by atoms with Crippen molar-refractivity contribution in [3.63, 3.8) is 0 Å². The topological polar surface area (TPSA) is 9.23 Å². The lowest BCUT2D eigenvalue weighted by Gasteiger charge is -2.55. The van der Waals surface area contributed by atoms with Crippen molar-refractivity contribution < 1.29 is 4.74 Å². The van der Waals surface area contributed by atoms with Crippen LogP contribution in [0.25, 0.3) is 0 Å². The molecule has 2 aliphatic rings. The molecule has 0 amide bonds. The summed E-state index contributed by atoms with van der Waals surface area (Å²) < 4.78 is 6.30. The quantitative estimate of drug-likeness (QED) is 0.628. The number of hydrogen-bond acceptors (Lipinski definition) is 1. The minimum absolute atomic E-state index is 0.259.